The van der Waals surface area contributed by atoms with E-state index in [1.807, 2.05) is 6.92 Å². The van der Waals surface area contributed by atoms with Gasteiger partial charge >= 0.3 is 0 Å². The minimum Gasteiger partial charge on any atom is -0.316 e. The molecule has 16 heavy (non-hydrogen) atoms. The summed E-state index contributed by atoms with van der Waals surface area (Å²) < 4.78 is 27.0. The van der Waals surface area contributed by atoms with E-state index in [0.717, 1.165) is 25.9 Å². The highest BCUT2D eigenvalue weighted by atomic mass is 35.5. The van der Waals surface area contributed by atoms with Crippen LogP contribution in [0.4, 0.5) is 0 Å². The zero-order chi connectivity index (χ0) is 11.5. The normalized spacial score (nSPS) is 23.9. The molecule has 2 unspecified atom stereocenters. The average molecular weight is 272 g/mol. The Morgan fingerprint density at radius 2 is 2.06 bits per heavy atom. The van der Waals surface area contributed by atoms with Gasteiger partial charge in [0.1, 0.15) is 0 Å². The molecule has 0 bridgehead atoms. The molecule has 0 spiro atoms. The van der Waals surface area contributed by atoms with Crippen molar-refractivity contribution in [3.05, 3.63) is 0 Å². The van der Waals surface area contributed by atoms with Crippen molar-refractivity contribution in [3.63, 3.8) is 0 Å². The topological polar surface area (TPSA) is 61.4 Å². The Kier molecular flexibility index (Phi) is 6.81. The van der Waals surface area contributed by atoms with Gasteiger partial charge in [-0.05, 0) is 38.8 Å². The molecule has 0 aromatic carbocycles. The van der Waals surface area contributed by atoms with Gasteiger partial charge in [0.25, 0.3) is 10.2 Å². The fourth-order valence-electron chi connectivity index (χ4n) is 1.74. The fourth-order valence-corrected chi connectivity index (χ4v) is 2.62. The molecule has 0 aromatic rings. The molecule has 2 atom stereocenters. The molecule has 98 valence electrons. The van der Waals surface area contributed by atoms with E-state index in [1.165, 1.54) is 18.4 Å². The van der Waals surface area contributed by atoms with Crippen LogP contribution in [0.1, 0.15) is 19.8 Å². The van der Waals surface area contributed by atoms with Gasteiger partial charge < -0.3 is 5.32 Å². The van der Waals surface area contributed by atoms with Gasteiger partial charge in [-0.3, -0.25) is 0 Å². The second-order valence-corrected chi connectivity index (χ2v) is 6.22. The van der Waals surface area contributed by atoms with E-state index in [9.17, 15) is 8.42 Å². The molecule has 0 aliphatic carbocycles. The lowest BCUT2D eigenvalue weighted by Crippen LogP contribution is -2.47. The molecule has 7 heteroatoms. The Bertz CT molecular complexity index is 289. The maximum Gasteiger partial charge on any atom is 0.279 e. The van der Waals surface area contributed by atoms with E-state index in [2.05, 4.69) is 10.0 Å². The number of nitrogens with zero attached hydrogens (tertiary/aromatic N) is 1. The second-order valence-electron chi connectivity index (χ2n) is 4.30. The number of hydrogen-bond donors (Lipinski definition) is 2. The van der Waals surface area contributed by atoms with Gasteiger partial charge in [-0.1, -0.05) is 0 Å². The summed E-state index contributed by atoms with van der Waals surface area (Å²) in [6.07, 6.45) is 2.21. The maximum atomic E-state index is 11.6. The summed E-state index contributed by atoms with van der Waals surface area (Å²) >= 11 is 0. The third-order valence-electron chi connectivity index (χ3n) is 2.86. The van der Waals surface area contributed by atoms with Gasteiger partial charge in [0.15, 0.2) is 0 Å². The summed E-state index contributed by atoms with van der Waals surface area (Å²) in [4.78, 5) is 0. The van der Waals surface area contributed by atoms with Crippen LogP contribution in [0.25, 0.3) is 0 Å². The number of nitrogens with one attached hydrogen (secondary N) is 2. The SMILES string of the molecule is CC(NS(=O)(=O)N(C)C)C1CCCNC1.Cl. The van der Waals surface area contributed by atoms with Crippen LogP contribution in [0.3, 0.4) is 0 Å². The number of halogens is 1. The van der Waals surface area contributed by atoms with E-state index in [-0.39, 0.29) is 18.4 Å². The number of piperidine rings is 1. The Hall–Kier alpha value is 0.120. The van der Waals surface area contributed by atoms with Crippen molar-refractivity contribution in [2.45, 2.75) is 25.8 Å². The van der Waals surface area contributed by atoms with Gasteiger partial charge in [-0.25, -0.2) is 0 Å². The first-order valence-corrected chi connectivity index (χ1v) is 6.78. The third-order valence-corrected chi connectivity index (χ3v) is 4.49. The van der Waals surface area contributed by atoms with Crippen molar-refractivity contribution in [2.75, 3.05) is 27.2 Å². The first kappa shape index (κ1) is 16.1. The number of hydrogen-bond acceptors (Lipinski definition) is 3. The van der Waals surface area contributed by atoms with E-state index in [0.29, 0.717) is 5.92 Å². The van der Waals surface area contributed by atoms with Gasteiger partial charge in [0.2, 0.25) is 0 Å². The molecular weight excluding hydrogens is 250 g/mol. The highest BCUT2D eigenvalue weighted by Gasteiger charge is 2.24. The van der Waals surface area contributed by atoms with Crippen molar-refractivity contribution in [3.8, 4) is 0 Å². The van der Waals surface area contributed by atoms with Crippen molar-refractivity contribution >= 4 is 22.6 Å². The molecule has 0 amide bonds. The summed E-state index contributed by atoms with van der Waals surface area (Å²) in [7, 11) is -0.219. The van der Waals surface area contributed by atoms with Crippen LogP contribution in [-0.2, 0) is 10.2 Å². The average Bonchev–Trinajstić information content (AvgIpc) is 2.18. The van der Waals surface area contributed by atoms with Crippen LogP contribution < -0.4 is 10.0 Å². The molecule has 1 aliphatic rings. The largest absolute Gasteiger partial charge is 0.316 e. The van der Waals surface area contributed by atoms with Crippen LogP contribution in [0.5, 0.6) is 0 Å². The van der Waals surface area contributed by atoms with Crippen LogP contribution in [-0.4, -0.2) is 45.9 Å². The molecule has 1 fully saturated rings. The van der Waals surface area contributed by atoms with Gasteiger partial charge in [-0.15, -0.1) is 12.4 Å². The zero-order valence-electron chi connectivity index (χ0n) is 10.1. The Labute approximate surface area is 105 Å². The summed E-state index contributed by atoms with van der Waals surface area (Å²) in [5, 5.41) is 3.28. The summed E-state index contributed by atoms with van der Waals surface area (Å²) in [5.74, 6) is 0.397. The van der Waals surface area contributed by atoms with E-state index in [1.54, 1.807) is 0 Å². The fraction of sp³-hybridized carbons (Fsp3) is 1.00. The van der Waals surface area contributed by atoms with Crippen LogP contribution >= 0.6 is 12.4 Å². The highest BCUT2D eigenvalue weighted by molar-refractivity contribution is 7.87. The summed E-state index contributed by atoms with van der Waals surface area (Å²) in [6, 6.07) is -0.00907. The second kappa shape index (κ2) is 6.76. The van der Waals surface area contributed by atoms with Crippen LogP contribution in [0.15, 0.2) is 0 Å². The lowest BCUT2D eigenvalue weighted by atomic mass is 9.94. The monoisotopic (exact) mass is 271 g/mol. The minimum absolute atomic E-state index is 0. The van der Waals surface area contributed by atoms with Crippen molar-refractivity contribution < 1.29 is 8.42 Å². The minimum atomic E-state index is -3.29. The first-order chi connectivity index (χ1) is 6.93. The van der Waals surface area contributed by atoms with Crippen molar-refractivity contribution in [1.29, 1.82) is 0 Å². The molecule has 0 radical (unpaired) electrons. The van der Waals surface area contributed by atoms with Gasteiger partial charge in [-0.2, -0.15) is 17.4 Å². The first-order valence-electron chi connectivity index (χ1n) is 5.34. The van der Waals surface area contributed by atoms with Gasteiger partial charge in [0.05, 0.1) is 0 Å². The highest BCUT2D eigenvalue weighted by Crippen LogP contribution is 2.14. The molecule has 0 aromatic heterocycles. The Morgan fingerprint density at radius 3 is 2.50 bits per heavy atom. The smallest absolute Gasteiger partial charge is 0.279 e. The standard InChI is InChI=1S/C9H21N3O2S.ClH/c1-8(9-5-4-6-10-7-9)11-15(13,14)12(2)3;/h8-11H,4-7H2,1-3H3;1H. The van der Waals surface area contributed by atoms with Crippen molar-refractivity contribution in [2.24, 2.45) is 5.92 Å². The van der Waals surface area contributed by atoms with Crippen LogP contribution in [0, 0.1) is 5.92 Å². The third kappa shape index (κ3) is 4.55. The summed E-state index contributed by atoms with van der Waals surface area (Å²) in [5.41, 5.74) is 0. The van der Waals surface area contributed by atoms with Crippen LogP contribution in [0.2, 0.25) is 0 Å². The quantitative estimate of drug-likeness (QED) is 0.768. The zero-order valence-corrected chi connectivity index (χ0v) is 11.7. The predicted octanol–water partition coefficient (Wildman–Crippen LogP) is 0.192. The molecule has 1 aliphatic heterocycles. The van der Waals surface area contributed by atoms with Gasteiger partial charge in [0, 0.05) is 20.1 Å². The summed E-state index contributed by atoms with van der Waals surface area (Å²) in [6.45, 7) is 3.87. The lowest BCUT2D eigenvalue weighted by Gasteiger charge is -2.29. The lowest BCUT2D eigenvalue weighted by molar-refractivity contribution is 0.317. The molecule has 1 heterocycles. The molecule has 0 saturated carbocycles. The molecular formula is C9H22ClN3O2S. The molecule has 1 rings (SSSR count). The Morgan fingerprint density at radius 1 is 1.44 bits per heavy atom. The number of rotatable bonds is 4. The maximum absolute atomic E-state index is 11.6. The predicted molar refractivity (Wildman–Crippen MR) is 68.0 cm³/mol. The van der Waals surface area contributed by atoms with Crippen molar-refractivity contribution in [1.82, 2.24) is 14.3 Å². The van der Waals surface area contributed by atoms with E-state index in [4.69, 9.17) is 0 Å². The Balaban J connectivity index is 0.00000225. The molecule has 2 N–H and O–H groups in total. The molecule has 1 saturated heterocycles. The van der Waals surface area contributed by atoms with E-state index >= 15 is 0 Å². The molecule has 5 nitrogen and oxygen atoms in total. The van der Waals surface area contributed by atoms with E-state index < -0.39 is 10.2 Å².